The number of rotatable bonds is 3. The molecule has 1 N–H and O–H groups in total. The van der Waals surface area contributed by atoms with Crippen molar-refractivity contribution < 1.29 is 18.0 Å². The number of hydrogen-bond donors (Lipinski definition) is 1. The molecule has 0 saturated carbocycles. The van der Waals surface area contributed by atoms with Crippen molar-refractivity contribution in [1.29, 1.82) is 0 Å². The zero-order valence-electron chi connectivity index (χ0n) is 15.5. The van der Waals surface area contributed by atoms with Gasteiger partial charge in [-0.1, -0.05) is 41.9 Å². The Bertz CT molecular complexity index is 1250. The quantitative estimate of drug-likeness (QED) is 0.492. The van der Waals surface area contributed by atoms with Crippen molar-refractivity contribution >= 4 is 23.2 Å². The van der Waals surface area contributed by atoms with Gasteiger partial charge in [0.25, 0.3) is 5.91 Å². The average Bonchev–Trinajstić information content (AvgIpc) is 3.16. The van der Waals surface area contributed by atoms with Crippen molar-refractivity contribution in [2.24, 2.45) is 0 Å². The largest absolute Gasteiger partial charge is 0.416 e. The summed E-state index contributed by atoms with van der Waals surface area (Å²) in [4.78, 5) is 16.5. The van der Waals surface area contributed by atoms with Gasteiger partial charge in [0.05, 0.1) is 17.5 Å². The summed E-state index contributed by atoms with van der Waals surface area (Å²) in [5, 5.41) is 7.25. The van der Waals surface area contributed by atoms with E-state index in [1.807, 2.05) is 0 Å². The van der Waals surface area contributed by atoms with E-state index in [9.17, 15) is 18.0 Å². The zero-order chi connectivity index (χ0) is 21.5. The Kier molecular flexibility index (Phi) is 4.95. The minimum atomic E-state index is -4.45. The first-order valence-corrected chi connectivity index (χ1v) is 9.20. The SMILES string of the molecule is CNC(=O)c1cnn2c(-c3ccc(C(F)(F)F)cc3)c(-c3ccccc3Cl)cnc12. The van der Waals surface area contributed by atoms with E-state index in [-0.39, 0.29) is 17.1 Å². The summed E-state index contributed by atoms with van der Waals surface area (Å²) in [5.74, 6) is -0.374. The van der Waals surface area contributed by atoms with E-state index in [1.54, 1.807) is 24.3 Å². The number of carbonyl (C=O) groups is 1. The monoisotopic (exact) mass is 430 g/mol. The van der Waals surface area contributed by atoms with Gasteiger partial charge in [0.1, 0.15) is 5.56 Å². The van der Waals surface area contributed by atoms with Crippen LogP contribution in [0.25, 0.3) is 28.0 Å². The summed E-state index contributed by atoms with van der Waals surface area (Å²) in [6.07, 6.45) is -1.54. The maximum absolute atomic E-state index is 13.0. The summed E-state index contributed by atoms with van der Waals surface area (Å²) in [6, 6.07) is 11.8. The van der Waals surface area contributed by atoms with Crippen molar-refractivity contribution in [2.75, 3.05) is 7.05 Å². The highest BCUT2D eigenvalue weighted by molar-refractivity contribution is 6.33. The molecule has 30 heavy (non-hydrogen) atoms. The molecule has 0 aliphatic carbocycles. The van der Waals surface area contributed by atoms with Crippen LogP contribution in [0.1, 0.15) is 15.9 Å². The molecule has 2 heterocycles. The van der Waals surface area contributed by atoms with E-state index in [0.717, 1.165) is 12.1 Å². The Hall–Kier alpha value is -3.39. The molecular formula is C21H14ClF3N4O. The lowest BCUT2D eigenvalue weighted by Crippen LogP contribution is -2.17. The second kappa shape index (κ2) is 7.46. The molecular weight excluding hydrogens is 417 g/mol. The van der Waals surface area contributed by atoms with Gasteiger partial charge in [0.2, 0.25) is 0 Å². The molecule has 152 valence electrons. The number of benzene rings is 2. The van der Waals surface area contributed by atoms with E-state index in [0.29, 0.717) is 27.4 Å². The highest BCUT2D eigenvalue weighted by Crippen LogP contribution is 2.37. The number of hydrogen-bond acceptors (Lipinski definition) is 3. The molecule has 0 radical (unpaired) electrons. The standard InChI is InChI=1S/C21H14ClF3N4O/c1-26-20(30)16-11-28-29-18(12-6-8-13(9-7-12)21(23,24)25)15(10-27-19(16)29)14-4-2-3-5-17(14)22/h2-11H,1H3,(H,26,30). The second-order valence-corrected chi connectivity index (χ2v) is 6.86. The van der Waals surface area contributed by atoms with E-state index in [2.05, 4.69) is 15.4 Å². The van der Waals surface area contributed by atoms with Crippen LogP contribution >= 0.6 is 11.6 Å². The number of amides is 1. The third-order valence-electron chi connectivity index (χ3n) is 4.65. The average molecular weight is 431 g/mol. The molecule has 0 fully saturated rings. The summed E-state index contributed by atoms with van der Waals surface area (Å²) >= 11 is 6.36. The molecule has 0 spiro atoms. The van der Waals surface area contributed by atoms with Gasteiger partial charge in [0.15, 0.2) is 5.65 Å². The van der Waals surface area contributed by atoms with Gasteiger partial charge in [0, 0.05) is 35.0 Å². The Labute approximate surface area is 174 Å². The highest BCUT2D eigenvalue weighted by atomic mass is 35.5. The molecule has 5 nitrogen and oxygen atoms in total. The summed E-state index contributed by atoms with van der Waals surface area (Å²) in [6.45, 7) is 0. The third-order valence-corrected chi connectivity index (χ3v) is 4.98. The molecule has 1 amide bonds. The summed E-state index contributed by atoms with van der Waals surface area (Å²) in [5.41, 5.74) is 1.91. The van der Waals surface area contributed by atoms with Crippen LogP contribution in [0.15, 0.2) is 60.9 Å². The van der Waals surface area contributed by atoms with Crippen LogP contribution in [-0.2, 0) is 6.18 Å². The fourth-order valence-corrected chi connectivity index (χ4v) is 3.43. The predicted octanol–water partition coefficient (Wildman–Crippen LogP) is 5.10. The number of carbonyl (C=O) groups excluding carboxylic acids is 1. The van der Waals surface area contributed by atoms with Crippen molar-refractivity contribution in [2.45, 2.75) is 6.18 Å². The molecule has 0 aliphatic heterocycles. The van der Waals surface area contributed by atoms with Crippen molar-refractivity contribution in [3.63, 3.8) is 0 Å². The van der Waals surface area contributed by atoms with Crippen molar-refractivity contribution in [1.82, 2.24) is 19.9 Å². The summed E-state index contributed by atoms with van der Waals surface area (Å²) in [7, 11) is 1.49. The Balaban J connectivity index is 2.01. The number of nitrogens with zero attached hydrogens (tertiary/aromatic N) is 3. The molecule has 0 unspecified atom stereocenters. The summed E-state index contributed by atoms with van der Waals surface area (Å²) < 4.78 is 40.5. The van der Waals surface area contributed by atoms with Gasteiger partial charge in [-0.3, -0.25) is 4.79 Å². The third kappa shape index (κ3) is 3.39. The molecule has 2 aromatic carbocycles. The predicted molar refractivity (Wildman–Crippen MR) is 107 cm³/mol. The van der Waals surface area contributed by atoms with E-state index in [1.165, 1.54) is 36.1 Å². The zero-order valence-corrected chi connectivity index (χ0v) is 16.3. The first-order valence-electron chi connectivity index (χ1n) is 8.82. The van der Waals surface area contributed by atoms with Crippen LogP contribution in [0.4, 0.5) is 13.2 Å². The minimum absolute atomic E-state index is 0.247. The fourth-order valence-electron chi connectivity index (χ4n) is 3.20. The molecule has 0 bridgehead atoms. The van der Waals surface area contributed by atoms with Gasteiger partial charge >= 0.3 is 6.18 Å². The lowest BCUT2D eigenvalue weighted by molar-refractivity contribution is -0.137. The van der Waals surface area contributed by atoms with E-state index < -0.39 is 11.7 Å². The first kappa shape index (κ1) is 19.9. The van der Waals surface area contributed by atoms with Gasteiger partial charge in [-0.15, -0.1) is 0 Å². The van der Waals surface area contributed by atoms with Crippen molar-refractivity contribution in [3.8, 4) is 22.4 Å². The van der Waals surface area contributed by atoms with Crippen LogP contribution in [0.3, 0.4) is 0 Å². The van der Waals surface area contributed by atoms with Gasteiger partial charge in [-0.05, 0) is 18.2 Å². The molecule has 4 aromatic rings. The maximum Gasteiger partial charge on any atom is 0.416 e. The second-order valence-electron chi connectivity index (χ2n) is 6.45. The maximum atomic E-state index is 13.0. The Morgan fingerprint density at radius 1 is 1.03 bits per heavy atom. The van der Waals surface area contributed by atoms with Crippen molar-refractivity contribution in [3.05, 3.63) is 77.1 Å². The minimum Gasteiger partial charge on any atom is -0.355 e. The Morgan fingerprint density at radius 2 is 1.73 bits per heavy atom. The van der Waals surface area contributed by atoms with Gasteiger partial charge in [-0.2, -0.15) is 18.3 Å². The Morgan fingerprint density at radius 3 is 2.37 bits per heavy atom. The number of halogens is 4. The normalized spacial score (nSPS) is 11.6. The molecule has 2 aromatic heterocycles. The van der Waals surface area contributed by atoms with Crippen LogP contribution in [0.2, 0.25) is 5.02 Å². The number of alkyl halides is 3. The van der Waals surface area contributed by atoms with Crippen LogP contribution in [0.5, 0.6) is 0 Å². The van der Waals surface area contributed by atoms with Gasteiger partial charge in [-0.25, -0.2) is 9.50 Å². The van der Waals surface area contributed by atoms with E-state index in [4.69, 9.17) is 11.6 Å². The van der Waals surface area contributed by atoms with Gasteiger partial charge < -0.3 is 5.32 Å². The molecule has 0 saturated heterocycles. The highest BCUT2D eigenvalue weighted by Gasteiger charge is 2.30. The first-order chi connectivity index (χ1) is 14.3. The number of fused-ring (bicyclic) bond motifs is 1. The molecule has 9 heteroatoms. The molecule has 0 aliphatic rings. The van der Waals surface area contributed by atoms with Crippen LogP contribution in [0, 0.1) is 0 Å². The fraction of sp³-hybridized carbons (Fsp3) is 0.0952. The number of nitrogens with one attached hydrogen (secondary N) is 1. The number of aromatic nitrogens is 3. The lowest BCUT2D eigenvalue weighted by Gasteiger charge is -2.14. The lowest BCUT2D eigenvalue weighted by atomic mass is 9.99. The topological polar surface area (TPSA) is 59.3 Å². The van der Waals surface area contributed by atoms with Crippen LogP contribution in [-0.4, -0.2) is 27.6 Å². The molecule has 0 atom stereocenters. The van der Waals surface area contributed by atoms with E-state index >= 15 is 0 Å². The molecule has 4 rings (SSSR count). The van der Waals surface area contributed by atoms with Crippen LogP contribution < -0.4 is 5.32 Å². The smallest absolute Gasteiger partial charge is 0.355 e.